The van der Waals surface area contributed by atoms with Crippen molar-refractivity contribution in [2.45, 2.75) is 6.92 Å². The van der Waals surface area contributed by atoms with Gasteiger partial charge < -0.3 is 10.5 Å². The maximum atomic E-state index is 11.9. The molecule has 7 nitrogen and oxygen atoms in total. The highest BCUT2D eigenvalue weighted by atomic mass is 16.5. The van der Waals surface area contributed by atoms with E-state index in [0.29, 0.717) is 23.6 Å². The Bertz CT molecular complexity index is 574. The van der Waals surface area contributed by atoms with Gasteiger partial charge in [0.15, 0.2) is 0 Å². The Balaban J connectivity index is 2.14. The molecule has 0 aliphatic rings. The van der Waals surface area contributed by atoms with E-state index < -0.39 is 0 Å². The summed E-state index contributed by atoms with van der Waals surface area (Å²) in [5.41, 5.74) is 6.59. The zero-order chi connectivity index (χ0) is 13.7. The molecule has 2 rings (SSSR count). The van der Waals surface area contributed by atoms with Gasteiger partial charge in [-0.15, -0.1) is 5.10 Å². The summed E-state index contributed by atoms with van der Waals surface area (Å²) in [6.07, 6.45) is 2.86. The Kier molecular flexibility index (Phi) is 3.87. The molecule has 1 aromatic heterocycles. The predicted octanol–water partition coefficient (Wildman–Crippen LogP) is 1.10. The lowest BCUT2D eigenvalue weighted by molar-refractivity contribution is 0.102. The lowest BCUT2D eigenvalue weighted by Gasteiger charge is -2.08. The number of rotatable bonds is 4. The smallest absolute Gasteiger partial charge is 0.258 e. The summed E-state index contributed by atoms with van der Waals surface area (Å²) >= 11 is 0. The van der Waals surface area contributed by atoms with E-state index in [9.17, 15) is 4.79 Å². The highest BCUT2D eigenvalue weighted by Gasteiger charge is 2.10. The number of aromatic nitrogens is 3. The van der Waals surface area contributed by atoms with Gasteiger partial charge in [0.2, 0.25) is 5.95 Å². The Morgan fingerprint density at radius 2 is 2.26 bits per heavy atom. The third-order valence-corrected chi connectivity index (χ3v) is 2.28. The minimum absolute atomic E-state index is 0.139. The maximum absolute atomic E-state index is 11.9. The molecular formula is C12H13N5O2. The fourth-order valence-electron chi connectivity index (χ4n) is 1.46. The highest BCUT2D eigenvalue weighted by Crippen LogP contribution is 2.22. The number of nitrogens with one attached hydrogen (secondary N) is 1. The lowest BCUT2D eigenvalue weighted by atomic mass is 10.2. The van der Waals surface area contributed by atoms with Crippen LogP contribution >= 0.6 is 0 Å². The molecular weight excluding hydrogens is 246 g/mol. The Labute approximate surface area is 109 Å². The van der Waals surface area contributed by atoms with Crippen LogP contribution in [0, 0.1) is 0 Å². The minimum atomic E-state index is -0.359. The summed E-state index contributed by atoms with van der Waals surface area (Å²) in [4.78, 5) is 15.8. The number of amides is 1. The Morgan fingerprint density at radius 3 is 2.89 bits per heavy atom. The van der Waals surface area contributed by atoms with E-state index in [2.05, 4.69) is 20.5 Å². The van der Waals surface area contributed by atoms with Gasteiger partial charge in [-0.25, -0.2) is 4.98 Å². The second-order valence-corrected chi connectivity index (χ2v) is 3.61. The number of nitrogens with zero attached hydrogens (tertiary/aromatic N) is 3. The van der Waals surface area contributed by atoms with Gasteiger partial charge >= 0.3 is 0 Å². The second-order valence-electron chi connectivity index (χ2n) is 3.61. The van der Waals surface area contributed by atoms with Crippen molar-refractivity contribution in [3.05, 3.63) is 36.2 Å². The number of nitrogens with two attached hydrogens (primary N) is 1. The number of anilines is 2. The molecule has 1 aromatic carbocycles. The van der Waals surface area contributed by atoms with Gasteiger partial charge in [-0.1, -0.05) is 0 Å². The average molecular weight is 259 g/mol. The van der Waals surface area contributed by atoms with Crippen LogP contribution in [0.3, 0.4) is 0 Å². The molecule has 19 heavy (non-hydrogen) atoms. The number of carbonyl (C=O) groups excluding carboxylic acids is 1. The molecule has 0 bridgehead atoms. The van der Waals surface area contributed by atoms with Crippen molar-refractivity contribution in [3.63, 3.8) is 0 Å². The predicted molar refractivity (Wildman–Crippen MR) is 69.8 cm³/mol. The van der Waals surface area contributed by atoms with Crippen molar-refractivity contribution in [2.24, 2.45) is 0 Å². The maximum Gasteiger partial charge on any atom is 0.258 e. The molecule has 98 valence electrons. The molecule has 0 spiro atoms. The summed E-state index contributed by atoms with van der Waals surface area (Å²) in [5, 5.41) is 9.80. The quantitative estimate of drug-likeness (QED) is 0.797. The van der Waals surface area contributed by atoms with E-state index in [4.69, 9.17) is 10.5 Å². The number of carbonyl (C=O) groups is 1. The highest BCUT2D eigenvalue weighted by molar-refractivity contribution is 6.04. The normalized spacial score (nSPS) is 9.95. The van der Waals surface area contributed by atoms with Crippen LogP contribution in [0.1, 0.15) is 17.3 Å². The van der Waals surface area contributed by atoms with Crippen LogP contribution in [-0.2, 0) is 0 Å². The largest absolute Gasteiger partial charge is 0.492 e. The lowest BCUT2D eigenvalue weighted by Crippen LogP contribution is -2.14. The van der Waals surface area contributed by atoms with Crippen molar-refractivity contribution < 1.29 is 9.53 Å². The number of hydrogen-bond acceptors (Lipinski definition) is 6. The fourth-order valence-corrected chi connectivity index (χ4v) is 1.46. The average Bonchev–Trinajstić information content (AvgIpc) is 2.42. The number of hydrogen-bond donors (Lipinski definition) is 2. The van der Waals surface area contributed by atoms with Gasteiger partial charge in [-0.3, -0.25) is 10.1 Å². The van der Waals surface area contributed by atoms with Crippen LogP contribution in [0.15, 0.2) is 30.6 Å². The van der Waals surface area contributed by atoms with Crippen molar-refractivity contribution in [1.82, 2.24) is 15.2 Å². The molecule has 3 N–H and O–H groups in total. The molecule has 1 heterocycles. The number of benzene rings is 1. The van der Waals surface area contributed by atoms with E-state index >= 15 is 0 Å². The molecule has 0 aliphatic heterocycles. The van der Waals surface area contributed by atoms with Crippen LogP contribution < -0.4 is 15.8 Å². The van der Waals surface area contributed by atoms with Crippen LogP contribution in [0.25, 0.3) is 0 Å². The molecule has 0 radical (unpaired) electrons. The van der Waals surface area contributed by atoms with Crippen LogP contribution in [0.5, 0.6) is 5.75 Å². The van der Waals surface area contributed by atoms with Crippen LogP contribution in [0.2, 0.25) is 0 Å². The van der Waals surface area contributed by atoms with Crippen molar-refractivity contribution in [3.8, 4) is 5.75 Å². The minimum Gasteiger partial charge on any atom is -0.492 e. The summed E-state index contributed by atoms with van der Waals surface area (Å²) in [6, 6.07) is 4.81. The van der Waals surface area contributed by atoms with E-state index in [-0.39, 0.29) is 11.9 Å². The third kappa shape index (κ3) is 3.15. The molecule has 0 unspecified atom stereocenters. The van der Waals surface area contributed by atoms with Gasteiger partial charge in [0.1, 0.15) is 5.75 Å². The molecule has 7 heteroatoms. The topological polar surface area (TPSA) is 103 Å². The third-order valence-electron chi connectivity index (χ3n) is 2.28. The monoisotopic (exact) mass is 259 g/mol. The first kappa shape index (κ1) is 12.7. The van der Waals surface area contributed by atoms with Gasteiger partial charge in [-0.05, 0) is 25.1 Å². The molecule has 0 saturated heterocycles. The summed E-state index contributed by atoms with van der Waals surface area (Å²) in [7, 11) is 0. The molecule has 0 fully saturated rings. The summed E-state index contributed by atoms with van der Waals surface area (Å²) in [6.45, 7) is 2.37. The van der Waals surface area contributed by atoms with Gasteiger partial charge in [0.05, 0.1) is 24.7 Å². The molecule has 2 aromatic rings. The van der Waals surface area contributed by atoms with E-state index in [0.717, 1.165) is 0 Å². The number of nitrogen functional groups attached to an aromatic ring is 1. The molecule has 1 amide bonds. The fraction of sp³-hybridized carbons (Fsp3) is 0.167. The molecule has 0 aliphatic carbocycles. The van der Waals surface area contributed by atoms with E-state index in [1.807, 2.05) is 6.92 Å². The van der Waals surface area contributed by atoms with Crippen molar-refractivity contribution in [2.75, 3.05) is 17.7 Å². The van der Waals surface area contributed by atoms with Crippen LogP contribution in [0.4, 0.5) is 11.6 Å². The number of ether oxygens (including phenoxy) is 1. The first-order chi connectivity index (χ1) is 9.20. The van der Waals surface area contributed by atoms with Gasteiger partial charge in [-0.2, -0.15) is 5.10 Å². The van der Waals surface area contributed by atoms with Crippen molar-refractivity contribution in [1.29, 1.82) is 0 Å². The summed E-state index contributed by atoms with van der Waals surface area (Å²) < 4.78 is 5.30. The second kappa shape index (κ2) is 5.76. The Morgan fingerprint density at radius 1 is 1.42 bits per heavy atom. The first-order valence-corrected chi connectivity index (χ1v) is 5.68. The Hall–Kier alpha value is -2.70. The first-order valence-electron chi connectivity index (χ1n) is 5.68. The molecule has 0 saturated carbocycles. The van der Waals surface area contributed by atoms with Crippen LogP contribution in [-0.4, -0.2) is 27.7 Å². The molecule has 0 atom stereocenters. The SMILES string of the molecule is CCOc1ccc(C(=O)Nc2nccnn2)cc1N. The summed E-state index contributed by atoms with van der Waals surface area (Å²) in [5.74, 6) is 0.333. The zero-order valence-electron chi connectivity index (χ0n) is 10.3. The van der Waals surface area contributed by atoms with Crippen molar-refractivity contribution >= 4 is 17.5 Å². The van der Waals surface area contributed by atoms with E-state index in [1.165, 1.54) is 18.5 Å². The van der Waals surface area contributed by atoms with Gasteiger partial charge in [0.25, 0.3) is 5.91 Å². The van der Waals surface area contributed by atoms with Gasteiger partial charge in [0, 0.05) is 5.56 Å². The zero-order valence-corrected chi connectivity index (χ0v) is 10.3. The van der Waals surface area contributed by atoms with E-state index in [1.54, 1.807) is 12.1 Å². The standard InChI is InChI=1S/C12H13N5O2/c1-2-19-10-4-3-8(7-9(10)13)11(18)16-12-14-5-6-15-17-12/h3-7H,2,13H2,1H3,(H,14,16,17,18).